The molecule has 4 heteroatoms. The molecule has 0 saturated carbocycles. The van der Waals surface area contributed by atoms with E-state index in [0.29, 0.717) is 10.1 Å². The summed E-state index contributed by atoms with van der Waals surface area (Å²) in [4.78, 5) is 0. The summed E-state index contributed by atoms with van der Waals surface area (Å²) >= 11 is 11.4. The van der Waals surface area contributed by atoms with Crippen LogP contribution in [0, 0.1) is 20.8 Å². The van der Waals surface area contributed by atoms with Gasteiger partial charge in [0.15, 0.2) is 5.11 Å². The normalized spacial score (nSPS) is 11.9. The van der Waals surface area contributed by atoms with Crippen LogP contribution in [0.1, 0.15) is 35.2 Å². The molecule has 2 aromatic rings. The van der Waals surface area contributed by atoms with E-state index in [4.69, 9.17) is 23.8 Å². The number of aryl methyl sites for hydroxylation is 3. The standard InChI is InChI=1S/C18H21ClN2S/c1-11-5-7-15(9-13(11)3)14(4)20-18(22)21-17-10-16(19)8-6-12(17)2/h5-10,14H,1-4H3,(H2,20,21,22). The molecule has 0 aliphatic heterocycles. The quantitative estimate of drug-likeness (QED) is 0.744. The topological polar surface area (TPSA) is 24.1 Å². The van der Waals surface area contributed by atoms with Gasteiger partial charge in [-0.15, -0.1) is 0 Å². The maximum absolute atomic E-state index is 6.03. The molecule has 0 saturated heterocycles. The third-order valence-electron chi connectivity index (χ3n) is 3.83. The minimum atomic E-state index is 0.138. The average molecular weight is 333 g/mol. The molecule has 2 nitrogen and oxygen atoms in total. The Hall–Kier alpha value is -1.58. The maximum Gasteiger partial charge on any atom is 0.171 e. The molecule has 0 bridgehead atoms. The molecule has 0 aromatic heterocycles. The first-order valence-corrected chi connectivity index (χ1v) is 8.06. The highest BCUT2D eigenvalue weighted by molar-refractivity contribution is 7.80. The van der Waals surface area contributed by atoms with Crippen molar-refractivity contribution >= 4 is 34.6 Å². The van der Waals surface area contributed by atoms with Gasteiger partial charge < -0.3 is 10.6 Å². The molecule has 0 amide bonds. The van der Waals surface area contributed by atoms with Crippen molar-refractivity contribution in [3.8, 4) is 0 Å². The van der Waals surface area contributed by atoms with E-state index >= 15 is 0 Å². The monoisotopic (exact) mass is 332 g/mol. The zero-order valence-electron chi connectivity index (χ0n) is 13.3. The summed E-state index contributed by atoms with van der Waals surface area (Å²) in [6.07, 6.45) is 0. The SMILES string of the molecule is Cc1ccc(C(C)NC(=S)Nc2cc(Cl)ccc2C)cc1C. The highest BCUT2D eigenvalue weighted by Crippen LogP contribution is 2.21. The van der Waals surface area contributed by atoms with Gasteiger partial charge in [0.25, 0.3) is 0 Å². The number of hydrogen-bond acceptors (Lipinski definition) is 1. The number of anilines is 1. The van der Waals surface area contributed by atoms with Gasteiger partial charge in [0.05, 0.1) is 6.04 Å². The Kier molecular flexibility index (Phi) is 5.43. The molecule has 1 unspecified atom stereocenters. The van der Waals surface area contributed by atoms with Gasteiger partial charge in [0, 0.05) is 10.7 Å². The van der Waals surface area contributed by atoms with Crippen LogP contribution in [-0.2, 0) is 0 Å². The molecule has 0 spiro atoms. The number of halogens is 1. The third kappa shape index (κ3) is 4.21. The molecule has 0 aliphatic carbocycles. The van der Waals surface area contributed by atoms with E-state index < -0.39 is 0 Å². The van der Waals surface area contributed by atoms with Crippen molar-refractivity contribution in [2.24, 2.45) is 0 Å². The van der Waals surface area contributed by atoms with E-state index in [1.807, 2.05) is 25.1 Å². The van der Waals surface area contributed by atoms with Crippen LogP contribution in [0.3, 0.4) is 0 Å². The number of rotatable bonds is 3. The van der Waals surface area contributed by atoms with Crippen molar-refractivity contribution in [2.45, 2.75) is 33.7 Å². The summed E-state index contributed by atoms with van der Waals surface area (Å²) in [5, 5.41) is 7.82. The second-order valence-electron chi connectivity index (χ2n) is 5.62. The van der Waals surface area contributed by atoms with Crippen LogP contribution >= 0.6 is 23.8 Å². The van der Waals surface area contributed by atoms with Gasteiger partial charge in [-0.05, 0) is 74.3 Å². The van der Waals surface area contributed by atoms with Gasteiger partial charge in [0.1, 0.15) is 0 Å². The van der Waals surface area contributed by atoms with Crippen molar-refractivity contribution in [2.75, 3.05) is 5.32 Å². The van der Waals surface area contributed by atoms with Crippen LogP contribution in [0.25, 0.3) is 0 Å². The number of hydrogen-bond donors (Lipinski definition) is 2. The van der Waals surface area contributed by atoms with Gasteiger partial charge in [-0.2, -0.15) is 0 Å². The predicted octanol–water partition coefficient (Wildman–Crippen LogP) is 5.31. The van der Waals surface area contributed by atoms with E-state index in [9.17, 15) is 0 Å². The Labute approximate surface area is 142 Å². The molecule has 116 valence electrons. The Balaban J connectivity index is 2.04. The fourth-order valence-electron chi connectivity index (χ4n) is 2.20. The molecule has 2 aromatic carbocycles. The molecule has 1 atom stereocenters. The largest absolute Gasteiger partial charge is 0.356 e. The van der Waals surface area contributed by atoms with Crippen LogP contribution in [0.5, 0.6) is 0 Å². The van der Waals surface area contributed by atoms with Gasteiger partial charge in [-0.25, -0.2) is 0 Å². The van der Waals surface area contributed by atoms with E-state index in [1.54, 1.807) is 0 Å². The first kappa shape index (κ1) is 16.8. The summed E-state index contributed by atoms with van der Waals surface area (Å²) in [5.74, 6) is 0. The van der Waals surface area contributed by atoms with Gasteiger partial charge in [0.2, 0.25) is 0 Å². The first-order valence-electron chi connectivity index (χ1n) is 7.27. The highest BCUT2D eigenvalue weighted by Gasteiger charge is 2.09. The second kappa shape index (κ2) is 7.12. The second-order valence-corrected chi connectivity index (χ2v) is 6.47. The van der Waals surface area contributed by atoms with Crippen molar-refractivity contribution in [1.29, 1.82) is 0 Å². The zero-order valence-corrected chi connectivity index (χ0v) is 14.9. The van der Waals surface area contributed by atoms with Gasteiger partial charge in [-0.3, -0.25) is 0 Å². The summed E-state index contributed by atoms with van der Waals surface area (Å²) in [5.41, 5.74) is 5.83. The fourth-order valence-corrected chi connectivity index (χ4v) is 2.66. The zero-order chi connectivity index (χ0) is 16.3. The van der Waals surface area contributed by atoms with Crippen LogP contribution in [-0.4, -0.2) is 5.11 Å². The lowest BCUT2D eigenvalue weighted by Crippen LogP contribution is -2.31. The highest BCUT2D eigenvalue weighted by atomic mass is 35.5. The molecule has 0 heterocycles. The molecule has 2 rings (SSSR count). The smallest absolute Gasteiger partial charge is 0.171 e. The average Bonchev–Trinajstić information content (AvgIpc) is 2.45. The predicted molar refractivity (Wildman–Crippen MR) is 99.9 cm³/mol. The Morgan fingerprint density at radius 3 is 2.36 bits per heavy atom. The summed E-state index contributed by atoms with van der Waals surface area (Å²) < 4.78 is 0. The van der Waals surface area contributed by atoms with Crippen LogP contribution in [0.4, 0.5) is 5.69 Å². The minimum absolute atomic E-state index is 0.138. The van der Waals surface area contributed by atoms with Crippen LogP contribution in [0.15, 0.2) is 36.4 Å². The Morgan fingerprint density at radius 1 is 1.00 bits per heavy atom. The molecule has 0 radical (unpaired) electrons. The van der Waals surface area contributed by atoms with E-state index in [0.717, 1.165) is 11.3 Å². The van der Waals surface area contributed by atoms with E-state index in [-0.39, 0.29) is 6.04 Å². The van der Waals surface area contributed by atoms with E-state index in [1.165, 1.54) is 16.7 Å². The molecule has 0 fully saturated rings. The third-order valence-corrected chi connectivity index (χ3v) is 4.28. The lowest BCUT2D eigenvalue weighted by molar-refractivity contribution is 0.721. The maximum atomic E-state index is 6.03. The summed E-state index contributed by atoms with van der Waals surface area (Å²) in [7, 11) is 0. The Morgan fingerprint density at radius 2 is 1.68 bits per heavy atom. The molecular formula is C18H21ClN2S. The van der Waals surface area contributed by atoms with Gasteiger partial charge in [-0.1, -0.05) is 35.9 Å². The van der Waals surface area contributed by atoms with Crippen molar-refractivity contribution in [1.82, 2.24) is 5.32 Å². The van der Waals surface area contributed by atoms with Crippen molar-refractivity contribution < 1.29 is 0 Å². The fraction of sp³-hybridized carbons (Fsp3) is 0.278. The van der Waals surface area contributed by atoms with Crippen LogP contribution < -0.4 is 10.6 Å². The summed E-state index contributed by atoms with van der Waals surface area (Å²) in [6, 6.07) is 12.3. The molecule has 0 aliphatic rings. The Bertz CT molecular complexity index is 697. The first-order chi connectivity index (χ1) is 10.4. The van der Waals surface area contributed by atoms with Gasteiger partial charge >= 0.3 is 0 Å². The minimum Gasteiger partial charge on any atom is -0.356 e. The van der Waals surface area contributed by atoms with Crippen LogP contribution in [0.2, 0.25) is 5.02 Å². The van der Waals surface area contributed by atoms with Crippen molar-refractivity contribution in [3.63, 3.8) is 0 Å². The molecular weight excluding hydrogens is 312 g/mol. The van der Waals surface area contributed by atoms with Crippen molar-refractivity contribution in [3.05, 3.63) is 63.7 Å². The van der Waals surface area contributed by atoms with E-state index in [2.05, 4.69) is 49.6 Å². The molecule has 2 N–H and O–H groups in total. The molecule has 22 heavy (non-hydrogen) atoms. The lowest BCUT2D eigenvalue weighted by Gasteiger charge is -2.19. The summed E-state index contributed by atoms with van der Waals surface area (Å²) in [6.45, 7) is 8.36. The lowest BCUT2D eigenvalue weighted by atomic mass is 10.0. The number of nitrogens with one attached hydrogen (secondary N) is 2. The number of thiocarbonyl (C=S) groups is 1. The number of benzene rings is 2.